The van der Waals surface area contributed by atoms with E-state index in [2.05, 4.69) is 27.5 Å². The molecular weight excluding hydrogens is 276 g/mol. The molecule has 116 valence electrons. The summed E-state index contributed by atoms with van der Waals surface area (Å²) in [6.45, 7) is 4.82. The third-order valence-corrected chi connectivity index (χ3v) is 3.35. The van der Waals surface area contributed by atoms with Crippen LogP contribution in [0, 0.1) is 6.92 Å². The Morgan fingerprint density at radius 3 is 2.77 bits per heavy atom. The maximum Gasteiger partial charge on any atom is 0.270 e. The first-order chi connectivity index (χ1) is 10.7. The lowest BCUT2D eigenvalue weighted by atomic mass is 10.2. The molecule has 0 unspecified atom stereocenters. The van der Waals surface area contributed by atoms with E-state index in [9.17, 15) is 4.79 Å². The van der Waals surface area contributed by atoms with Gasteiger partial charge >= 0.3 is 0 Å². The fraction of sp³-hybridized carbons (Fsp3) is 0.353. The summed E-state index contributed by atoms with van der Waals surface area (Å²) in [6.07, 6.45) is 4.83. The molecule has 0 saturated carbocycles. The minimum atomic E-state index is -0.161. The smallest absolute Gasteiger partial charge is 0.270 e. The van der Waals surface area contributed by atoms with E-state index in [1.54, 1.807) is 12.3 Å². The monoisotopic (exact) mass is 298 g/mol. The molecule has 0 aliphatic carbocycles. The number of anilines is 2. The van der Waals surface area contributed by atoms with Gasteiger partial charge in [-0.05, 0) is 31.0 Å². The molecule has 0 atom stereocenters. The van der Waals surface area contributed by atoms with Crippen LogP contribution in [0.3, 0.4) is 0 Å². The molecule has 0 aliphatic heterocycles. The maximum atomic E-state index is 12.1. The topological polar surface area (TPSA) is 66.9 Å². The normalized spacial score (nSPS) is 10.3. The highest BCUT2D eigenvalue weighted by Crippen LogP contribution is 2.17. The maximum absolute atomic E-state index is 12.1. The fourth-order valence-electron chi connectivity index (χ4n) is 2.05. The highest BCUT2D eigenvalue weighted by atomic mass is 16.1. The number of para-hydroxylation sites is 1. The van der Waals surface area contributed by atoms with Gasteiger partial charge in [-0.15, -0.1) is 0 Å². The minimum absolute atomic E-state index is 0.161. The number of nitrogens with zero attached hydrogens (tertiary/aromatic N) is 2. The van der Waals surface area contributed by atoms with Gasteiger partial charge in [-0.1, -0.05) is 38.0 Å². The Labute approximate surface area is 131 Å². The van der Waals surface area contributed by atoms with E-state index in [1.807, 2.05) is 31.2 Å². The molecule has 0 spiro atoms. The fourth-order valence-corrected chi connectivity index (χ4v) is 2.05. The van der Waals surface area contributed by atoms with Gasteiger partial charge in [0.25, 0.3) is 5.91 Å². The molecule has 1 aromatic carbocycles. The molecule has 0 radical (unpaired) electrons. The van der Waals surface area contributed by atoms with Crippen molar-refractivity contribution < 1.29 is 4.79 Å². The van der Waals surface area contributed by atoms with E-state index in [4.69, 9.17) is 0 Å². The quantitative estimate of drug-likeness (QED) is 0.768. The van der Waals surface area contributed by atoms with Crippen molar-refractivity contribution >= 4 is 17.5 Å². The van der Waals surface area contributed by atoms with E-state index in [0.29, 0.717) is 18.2 Å². The first kappa shape index (κ1) is 15.9. The van der Waals surface area contributed by atoms with Gasteiger partial charge in [-0.2, -0.15) is 0 Å². The number of hydrogen-bond donors (Lipinski definition) is 2. The minimum Gasteiger partial charge on any atom is -0.351 e. The number of benzene rings is 1. The largest absolute Gasteiger partial charge is 0.351 e. The van der Waals surface area contributed by atoms with Crippen LogP contribution in [0.25, 0.3) is 0 Å². The van der Waals surface area contributed by atoms with Crippen LogP contribution in [0.4, 0.5) is 11.6 Å². The van der Waals surface area contributed by atoms with E-state index in [1.165, 1.54) is 0 Å². The van der Waals surface area contributed by atoms with Crippen LogP contribution >= 0.6 is 0 Å². The Bertz CT molecular complexity index is 628. The SMILES string of the molecule is CCCCCNC(=O)c1ccnc(Nc2ccccc2C)n1. The zero-order valence-corrected chi connectivity index (χ0v) is 13.1. The van der Waals surface area contributed by atoms with Crippen LogP contribution in [0.15, 0.2) is 36.5 Å². The molecule has 5 heteroatoms. The van der Waals surface area contributed by atoms with Crippen molar-refractivity contribution in [1.29, 1.82) is 0 Å². The predicted octanol–water partition coefficient (Wildman–Crippen LogP) is 3.45. The van der Waals surface area contributed by atoms with Crippen molar-refractivity contribution in [2.75, 3.05) is 11.9 Å². The van der Waals surface area contributed by atoms with E-state index >= 15 is 0 Å². The number of nitrogens with one attached hydrogen (secondary N) is 2. The lowest BCUT2D eigenvalue weighted by Gasteiger charge is -2.09. The Kier molecular flexibility index (Phi) is 5.89. The Morgan fingerprint density at radius 1 is 1.18 bits per heavy atom. The summed E-state index contributed by atoms with van der Waals surface area (Å²) in [5.41, 5.74) is 2.41. The molecule has 1 aromatic heterocycles. The summed E-state index contributed by atoms with van der Waals surface area (Å²) < 4.78 is 0. The number of rotatable bonds is 7. The Balaban J connectivity index is 2.00. The number of unbranched alkanes of at least 4 members (excludes halogenated alkanes) is 2. The van der Waals surface area contributed by atoms with Crippen molar-refractivity contribution in [3.63, 3.8) is 0 Å². The Morgan fingerprint density at radius 2 is 2.00 bits per heavy atom. The summed E-state index contributed by atoms with van der Waals surface area (Å²) in [5, 5.41) is 6.02. The van der Waals surface area contributed by atoms with Gasteiger partial charge in [-0.3, -0.25) is 4.79 Å². The van der Waals surface area contributed by atoms with Crippen molar-refractivity contribution in [2.45, 2.75) is 33.1 Å². The van der Waals surface area contributed by atoms with Crippen molar-refractivity contribution in [3.05, 3.63) is 47.8 Å². The number of aryl methyl sites for hydroxylation is 1. The molecule has 22 heavy (non-hydrogen) atoms. The van der Waals surface area contributed by atoms with Crippen molar-refractivity contribution in [2.24, 2.45) is 0 Å². The summed E-state index contributed by atoms with van der Waals surface area (Å²) in [5.74, 6) is 0.266. The molecule has 0 fully saturated rings. The first-order valence-electron chi connectivity index (χ1n) is 7.64. The average molecular weight is 298 g/mol. The van der Waals surface area contributed by atoms with Gasteiger partial charge in [0.15, 0.2) is 0 Å². The second-order valence-electron chi connectivity index (χ2n) is 5.17. The molecule has 0 bridgehead atoms. The van der Waals surface area contributed by atoms with Crippen LogP contribution < -0.4 is 10.6 Å². The molecular formula is C17H22N4O. The lowest BCUT2D eigenvalue weighted by molar-refractivity contribution is 0.0948. The summed E-state index contributed by atoms with van der Waals surface area (Å²) >= 11 is 0. The molecule has 2 rings (SSSR count). The summed E-state index contributed by atoms with van der Waals surface area (Å²) in [7, 11) is 0. The van der Waals surface area contributed by atoms with Gasteiger partial charge in [0.2, 0.25) is 5.95 Å². The molecule has 0 saturated heterocycles. The molecule has 5 nitrogen and oxygen atoms in total. The van der Waals surface area contributed by atoms with Crippen molar-refractivity contribution in [3.8, 4) is 0 Å². The number of aromatic nitrogens is 2. The third-order valence-electron chi connectivity index (χ3n) is 3.35. The number of carbonyl (C=O) groups is 1. The molecule has 0 aliphatic rings. The highest BCUT2D eigenvalue weighted by molar-refractivity contribution is 5.92. The van der Waals surface area contributed by atoms with Gasteiger partial charge in [0, 0.05) is 18.4 Å². The average Bonchev–Trinajstić information content (AvgIpc) is 2.54. The van der Waals surface area contributed by atoms with Gasteiger partial charge < -0.3 is 10.6 Å². The second-order valence-corrected chi connectivity index (χ2v) is 5.17. The van der Waals surface area contributed by atoms with Crippen LogP contribution in [0.1, 0.15) is 42.2 Å². The van der Waals surface area contributed by atoms with Crippen molar-refractivity contribution in [1.82, 2.24) is 15.3 Å². The van der Waals surface area contributed by atoms with Gasteiger partial charge in [0.05, 0.1) is 0 Å². The van der Waals surface area contributed by atoms with E-state index in [0.717, 1.165) is 30.5 Å². The summed E-state index contributed by atoms with van der Waals surface area (Å²) in [4.78, 5) is 20.5. The zero-order valence-electron chi connectivity index (χ0n) is 13.1. The summed E-state index contributed by atoms with van der Waals surface area (Å²) in [6, 6.07) is 9.50. The molecule has 1 amide bonds. The van der Waals surface area contributed by atoms with Crippen LogP contribution in [-0.2, 0) is 0 Å². The molecule has 1 heterocycles. The standard InChI is InChI=1S/C17H22N4O/c1-3-4-7-11-18-16(22)15-10-12-19-17(21-15)20-14-9-6-5-8-13(14)2/h5-6,8-10,12H,3-4,7,11H2,1-2H3,(H,18,22)(H,19,20,21). The van der Waals surface area contributed by atoms with Crippen LogP contribution in [-0.4, -0.2) is 22.4 Å². The lowest BCUT2D eigenvalue weighted by Crippen LogP contribution is -2.25. The second kappa shape index (κ2) is 8.12. The van der Waals surface area contributed by atoms with Gasteiger partial charge in [0.1, 0.15) is 5.69 Å². The molecule has 2 N–H and O–H groups in total. The Hall–Kier alpha value is -2.43. The zero-order chi connectivity index (χ0) is 15.8. The third kappa shape index (κ3) is 4.55. The number of amides is 1. The molecule has 2 aromatic rings. The van der Waals surface area contributed by atoms with E-state index in [-0.39, 0.29) is 5.91 Å². The van der Waals surface area contributed by atoms with Gasteiger partial charge in [-0.25, -0.2) is 9.97 Å². The highest BCUT2D eigenvalue weighted by Gasteiger charge is 2.08. The van der Waals surface area contributed by atoms with Crippen LogP contribution in [0.5, 0.6) is 0 Å². The number of hydrogen-bond acceptors (Lipinski definition) is 4. The predicted molar refractivity (Wildman–Crippen MR) is 88.4 cm³/mol. The van der Waals surface area contributed by atoms with Crippen LogP contribution in [0.2, 0.25) is 0 Å². The first-order valence-corrected chi connectivity index (χ1v) is 7.64. The number of carbonyl (C=O) groups excluding carboxylic acids is 1. The van der Waals surface area contributed by atoms with E-state index < -0.39 is 0 Å².